The topological polar surface area (TPSA) is 78.9 Å². The van der Waals surface area contributed by atoms with E-state index in [-0.39, 0.29) is 30.7 Å². The van der Waals surface area contributed by atoms with Gasteiger partial charge in [-0.2, -0.15) is 0 Å². The summed E-state index contributed by atoms with van der Waals surface area (Å²) in [5, 5.41) is 18.4. The van der Waals surface area contributed by atoms with Gasteiger partial charge in [-0.3, -0.25) is 4.79 Å². The number of carbonyl (C=O) groups excluding carboxylic acids is 1. The van der Waals surface area contributed by atoms with E-state index in [2.05, 4.69) is 26.1 Å². The largest absolute Gasteiger partial charge is 0.366 e. The quantitative estimate of drug-likeness (QED) is 0.721. The van der Waals surface area contributed by atoms with Gasteiger partial charge in [0.25, 0.3) is 0 Å². The third kappa shape index (κ3) is 5.09. The van der Waals surface area contributed by atoms with E-state index >= 15 is 0 Å². The molecule has 2 unspecified atom stereocenters. The number of hydrogen-bond acceptors (Lipinski definition) is 5. The average molecular weight is 410 g/mol. The van der Waals surface area contributed by atoms with Crippen LogP contribution in [-0.2, 0) is 4.79 Å². The smallest absolute Gasteiger partial charge is 0.221 e. The summed E-state index contributed by atoms with van der Waals surface area (Å²) in [7, 11) is 0. The second-order valence-electron chi connectivity index (χ2n) is 7.05. The van der Waals surface area contributed by atoms with Crippen LogP contribution in [0.5, 0.6) is 0 Å². The van der Waals surface area contributed by atoms with Crippen molar-refractivity contribution < 1.29 is 4.79 Å². The molecule has 1 aromatic heterocycles. The van der Waals surface area contributed by atoms with Crippen molar-refractivity contribution in [3.05, 3.63) is 36.4 Å². The number of carbonyl (C=O) groups is 1. The van der Waals surface area contributed by atoms with Gasteiger partial charge in [-0.05, 0) is 62.0 Å². The molecule has 4 rings (SSSR count). The number of halogens is 2. The van der Waals surface area contributed by atoms with E-state index in [0.717, 1.165) is 47.7 Å². The van der Waals surface area contributed by atoms with Crippen LogP contribution in [0.2, 0.25) is 0 Å². The predicted octanol–water partition coefficient (Wildman–Crippen LogP) is 3.36. The van der Waals surface area contributed by atoms with Crippen molar-refractivity contribution in [1.82, 2.24) is 15.5 Å². The van der Waals surface area contributed by atoms with Crippen molar-refractivity contribution in [3.63, 3.8) is 0 Å². The Balaban J connectivity index is 0.00000131. The summed E-state index contributed by atoms with van der Waals surface area (Å²) in [4.78, 5) is 11.1. The minimum atomic E-state index is -0.0743. The lowest BCUT2D eigenvalue weighted by molar-refractivity contribution is -0.114. The molecule has 0 radical (unpaired) electrons. The van der Waals surface area contributed by atoms with Crippen molar-refractivity contribution in [1.29, 1.82) is 0 Å². The SMILES string of the molecule is CC(=O)Nc1ccc(-c2ccc(NC3CC4CNCC4C3)nn2)cc1.Cl.Cl. The Labute approximate surface area is 171 Å². The maximum absolute atomic E-state index is 11.1. The molecule has 8 heteroatoms. The van der Waals surface area contributed by atoms with Crippen LogP contribution >= 0.6 is 24.8 Å². The van der Waals surface area contributed by atoms with Crippen LogP contribution in [0.1, 0.15) is 19.8 Å². The second kappa shape index (κ2) is 9.35. The lowest BCUT2D eigenvalue weighted by atomic mass is 10.0. The first kappa shape index (κ1) is 21.4. The Bertz CT molecular complexity index is 742. The van der Waals surface area contributed by atoms with Crippen LogP contribution in [0.3, 0.4) is 0 Å². The summed E-state index contributed by atoms with van der Waals surface area (Å²) in [6, 6.07) is 12.1. The maximum atomic E-state index is 11.1. The Morgan fingerprint density at radius 2 is 1.67 bits per heavy atom. The van der Waals surface area contributed by atoms with Gasteiger partial charge in [-0.25, -0.2) is 0 Å². The fourth-order valence-electron chi connectivity index (χ4n) is 3.98. The first-order valence-electron chi connectivity index (χ1n) is 8.86. The number of nitrogens with one attached hydrogen (secondary N) is 3. The van der Waals surface area contributed by atoms with Gasteiger partial charge in [0.05, 0.1) is 5.69 Å². The zero-order chi connectivity index (χ0) is 17.2. The molecule has 1 aliphatic carbocycles. The monoisotopic (exact) mass is 409 g/mol. The molecular formula is C19H25Cl2N5O. The van der Waals surface area contributed by atoms with Gasteiger partial charge in [-0.15, -0.1) is 35.0 Å². The standard InChI is InChI=1S/C19H23N5O.2ClH/c1-12(25)21-16-4-2-13(3-5-16)18-6-7-19(24-23-18)22-17-8-14-10-20-11-15(14)9-17;;/h2-7,14-15,17,20H,8-11H2,1H3,(H,21,25)(H,22,24);2*1H. The summed E-state index contributed by atoms with van der Waals surface area (Å²) in [5.41, 5.74) is 2.59. The molecule has 1 aliphatic heterocycles. The van der Waals surface area contributed by atoms with Gasteiger partial charge in [0.1, 0.15) is 5.82 Å². The molecule has 2 heterocycles. The number of anilines is 2. The van der Waals surface area contributed by atoms with Gasteiger partial charge in [-0.1, -0.05) is 12.1 Å². The van der Waals surface area contributed by atoms with E-state index in [1.165, 1.54) is 19.8 Å². The summed E-state index contributed by atoms with van der Waals surface area (Å²) in [6.45, 7) is 3.81. The molecule has 0 spiro atoms. The van der Waals surface area contributed by atoms with E-state index < -0.39 is 0 Å². The van der Waals surface area contributed by atoms with Crippen LogP contribution in [0.25, 0.3) is 11.3 Å². The van der Waals surface area contributed by atoms with Crippen molar-refractivity contribution >= 4 is 42.2 Å². The van der Waals surface area contributed by atoms with Gasteiger partial charge in [0, 0.05) is 24.2 Å². The number of fused-ring (bicyclic) bond motifs is 1. The van der Waals surface area contributed by atoms with Crippen molar-refractivity contribution in [2.75, 3.05) is 23.7 Å². The Hall–Kier alpha value is -1.89. The molecule has 3 N–H and O–H groups in total. The van der Waals surface area contributed by atoms with Gasteiger partial charge < -0.3 is 16.0 Å². The molecular weight excluding hydrogens is 385 g/mol. The van der Waals surface area contributed by atoms with Crippen molar-refractivity contribution in [2.45, 2.75) is 25.8 Å². The molecule has 1 aromatic carbocycles. The number of aromatic nitrogens is 2. The second-order valence-corrected chi connectivity index (χ2v) is 7.05. The number of rotatable bonds is 4. The fourth-order valence-corrected chi connectivity index (χ4v) is 3.98. The molecule has 27 heavy (non-hydrogen) atoms. The van der Waals surface area contributed by atoms with Crippen LogP contribution in [0.15, 0.2) is 36.4 Å². The molecule has 2 aromatic rings. The lowest BCUT2D eigenvalue weighted by Gasteiger charge is -2.14. The molecule has 2 aliphatic rings. The highest BCUT2D eigenvalue weighted by atomic mass is 35.5. The minimum absolute atomic E-state index is 0. The normalized spacial score (nSPS) is 22.9. The number of amides is 1. The zero-order valence-electron chi connectivity index (χ0n) is 15.1. The van der Waals surface area contributed by atoms with E-state index in [1.807, 2.05) is 36.4 Å². The highest BCUT2D eigenvalue weighted by molar-refractivity contribution is 5.88. The van der Waals surface area contributed by atoms with Crippen LogP contribution in [0.4, 0.5) is 11.5 Å². The molecule has 146 valence electrons. The molecule has 2 atom stereocenters. The summed E-state index contributed by atoms with van der Waals surface area (Å²) >= 11 is 0. The molecule has 6 nitrogen and oxygen atoms in total. The molecule has 1 saturated carbocycles. The number of hydrogen-bond donors (Lipinski definition) is 3. The van der Waals surface area contributed by atoms with E-state index in [1.54, 1.807) is 0 Å². The minimum Gasteiger partial charge on any atom is -0.366 e. The first-order chi connectivity index (χ1) is 12.2. The third-order valence-corrected chi connectivity index (χ3v) is 5.17. The first-order valence-corrected chi connectivity index (χ1v) is 8.86. The van der Waals surface area contributed by atoms with Gasteiger partial charge >= 0.3 is 0 Å². The average Bonchev–Trinajstić information content (AvgIpc) is 3.17. The zero-order valence-corrected chi connectivity index (χ0v) is 16.8. The molecule has 0 bridgehead atoms. The highest BCUT2D eigenvalue weighted by Gasteiger charge is 2.37. The van der Waals surface area contributed by atoms with E-state index in [9.17, 15) is 4.79 Å². The highest BCUT2D eigenvalue weighted by Crippen LogP contribution is 2.35. The van der Waals surface area contributed by atoms with Crippen LogP contribution in [0, 0.1) is 11.8 Å². The van der Waals surface area contributed by atoms with Crippen molar-refractivity contribution in [3.8, 4) is 11.3 Å². The van der Waals surface area contributed by atoms with E-state index in [0.29, 0.717) is 6.04 Å². The molecule has 1 amide bonds. The summed E-state index contributed by atoms with van der Waals surface area (Å²) in [5.74, 6) is 2.39. The molecule has 1 saturated heterocycles. The Morgan fingerprint density at radius 3 is 2.22 bits per heavy atom. The fraction of sp³-hybridized carbons (Fsp3) is 0.421. The van der Waals surface area contributed by atoms with Crippen molar-refractivity contribution in [2.24, 2.45) is 11.8 Å². The summed E-state index contributed by atoms with van der Waals surface area (Å²) in [6.07, 6.45) is 2.43. The number of nitrogens with zero attached hydrogens (tertiary/aromatic N) is 2. The number of benzene rings is 1. The van der Waals surface area contributed by atoms with E-state index in [4.69, 9.17) is 0 Å². The third-order valence-electron chi connectivity index (χ3n) is 5.17. The van der Waals surface area contributed by atoms with Gasteiger partial charge in [0.2, 0.25) is 5.91 Å². The van der Waals surface area contributed by atoms with Gasteiger partial charge in [0.15, 0.2) is 0 Å². The summed E-state index contributed by atoms with van der Waals surface area (Å²) < 4.78 is 0. The van der Waals surface area contributed by atoms with Crippen LogP contribution in [-0.4, -0.2) is 35.2 Å². The Kier molecular flexibility index (Phi) is 7.41. The predicted molar refractivity (Wildman–Crippen MR) is 113 cm³/mol. The molecule has 2 fully saturated rings. The van der Waals surface area contributed by atoms with Crippen LogP contribution < -0.4 is 16.0 Å². The Morgan fingerprint density at radius 1 is 1.00 bits per heavy atom. The lowest BCUT2D eigenvalue weighted by Crippen LogP contribution is -2.21. The maximum Gasteiger partial charge on any atom is 0.221 e.